The first-order chi connectivity index (χ1) is 36.1. The highest BCUT2D eigenvalue weighted by Crippen LogP contribution is 2.75. The van der Waals surface area contributed by atoms with Crippen molar-refractivity contribution >= 4 is 70.4 Å². The number of rotatable bonds is 4. The molecule has 11 aromatic rings. The number of hydrogen-bond acceptors (Lipinski definition) is 3. The van der Waals surface area contributed by atoms with E-state index in [9.17, 15) is 0 Å². The highest BCUT2D eigenvalue weighted by molar-refractivity contribution is 7.26. The summed E-state index contributed by atoms with van der Waals surface area (Å²) in [4.78, 5) is 2.76. The average Bonchev–Trinajstić information content (AvgIpc) is 4.19. The Labute approximate surface area is 436 Å². The predicted octanol–water partition coefficient (Wildman–Crippen LogP) is 18.4. The van der Waals surface area contributed by atoms with Crippen molar-refractivity contribution in [2.75, 3.05) is 4.90 Å². The topological polar surface area (TPSA) is 16.4 Å². The van der Waals surface area contributed by atoms with Gasteiger partial charge >= 0.3 is 0 Å². The molecule has 0 radical (unpaired) electrons. The molecule has 0 amide bonds. The Morgan fingerprint density at radius 1 is 0.500 bits per heavy atom. The standard InChI is InChI=1S/C71H53NOS/c1-43-41-57-53-28-13-16-30-54(53)69(4)63-59(38-37-51-49-26-14-18-33-60(49)73-64(51)63)72(46-35-36-48-47-25-12-17-31-55(47)71(58(48)42-46,44-21-8-6-9-22-44)45-23-10-7-11-24-45)68(3)40-39-67(2,62(43)66(68)70(57,69)5)56-32-20-29-52-50-27-15-19-34-61(50)74-65(52)56/h6-43H,1-5H3. The minimum atomic E-state index is -0.665. The van der Waals surface area contributed by atoms with Gasteiger partial charge in [0.15, 0.2) is 0 Å². The van der Waals surface area contributed by atoms with Crippen molar-refractivity contribution < 1.29 is 4.42 Å². The van der Waals surface area contributed by atoms with E-state index in [4.69, 9.17) is 4.42 Å². The van der Waals surface area contributed by atoms with Crippen LogP contribution in [0.25, 0.3) is 58.8 Å². The SMILES string of the molecule is CC1C=C2c3ccccc3C3(C)c4c(ccc5c4oc4ccccc45)N(c4ccc5c(c4)C(c4ccccc4)(c4ccccc4)c4ccccc4-5)C4(C)C=CC(C)(c5cccc6c5sc5ccccc56)C1=C4C23C. The maximum Gasteiger partial charge on any atom is 0.141 e. The van der Waals surface area contributed by atoms with Crippen molar-refractivity contribution in [1.82, 2.24) is 0 Å². The van der Waals surface area contributed by atoms with Crippen LogP contribution >= 0.6 is 11.3 Å². The normalized spacial score (nSPS) is 24.7. The zero-order valence-corrected chi connectivity index (χ0v) is 43.0. The lowest BCUT2D eigenvalue weighted by molar-refractivity contribution is 0.310. The summed E-state index contributed by atoms with van der Waals surface area (Å²) in [7, 11) is 0. The number of anilines is 2. The maximum absolute atomic E-state index is 7.39. The van der Waals surface area contributed by atoms with Crippen LogP contribution in [0.3, 0.4) is 0 Å². The molecule has 0 N–H and O–H groups in total. The quantitative estimate of drug-likeness (QED) is 0.163. The minimum absolute atomic E-state index is 0.120. The van der Waals surface area contributed by atoms with E-state index in [1.54, 1.807) is 0 Å². The van der Waals surface area contributed by atoms with Crippen molar-refractivity contribution in [2.45, 2.75) is 56.4 Å². The predicted molar refractivity (Wildman–Crippen MR) is 309 cm³/mol. The van der Waals surface area contributed by atoms with Gasteiger partial charge in [0, 0.05) is 58.4 Å². The molecule has 16 rings (SSSR count). The zero-order valence-electron chi connectivity index (χ0n) is 42.2. The van der Waals surface area contributed by atoms with Gasteiger partial charge in [-0.15, -0.1) is 11.3 Å². The second-order valence-electron chi connectivity index (χ2n) is 22.4. The second-order valence-corrected chi connectivity index (χ2v) is 23.5. The monoisotopic (exact) mass is 967 g/mol. The van der Waals surface area contributed by atoms with Crippen LogP contribution in [0.5, 0.6) is 0 Å². The maximum atomic E-state index is 7.39. The number of nitrogens with zero attached hydrogens (tertiary/aromatic N) is 1. The summed E-state index contributed by atoms with van der Waals surface area (Å²) in [5.41, 5.74) is 18.8. The Morgan fingerprint density at radius 2 is 1.14 bits per heavy atom. The van der Waals surface area contributed by atoms with E-state index in [2.05, 4.69) is 264 Å². The van der Waals surface area contributed by atoms with Gasteiger partial charge in [0.1, 0.15) is 11.2 Å². The summed E-state index contributed by atoms with van der Waals surface area (Å²) in [5.74, 6) is 0.120. The van der Waals surface area contributed by atoms with E-state index in [-0.39, 0.29) is 5.92 Å². The molecule has 3 heterocycles. The first-order valence-electron chi connectivity index (χ1n) is 26.4. The van der Waals surface area contributed by atoms with Gasteiger partial charge in [-0.2, -0.15) is 0 Å². The van der Waals surface area contributed by atoms with Gasteiger partial charge in [-0.25, -0.2) is 0 Å². The summed E-state index contributed by atoms with van der Waals surface area (Å²) >= 11 is 1.95. The molecule has 5 unspecified atom stereocenters. The third kappa shape index (κ3) is 4.89. The third-order valence-corrected chi connectivity index (χ3v) is 20.4. The summed E-state index contributed by atoms with van der Waals surface area (Å²) in [6.45, 7) is 12.7. The molecule has 74 heavy (non-hydrogen) atoms. The van der Waals surface area contributed by atoms with Crippen LogP contribution in [0.1, 0.15) is 79.1 Å². The molecule has 2 aromatic heterocycles. The van der Waals surface area contributed by atoms with Crippen LogP contribution in [-0.2, 0) is 16.2 Å². The van der Waals surface area contributed by atoms with E-state index in [1.165, 1.54) is 98.2 Å². The van der Waals surface area contributed by atoms with Gasteiger partial charge in [0.2, 0.25) is 0 Å². The Balaban J connectivity index is 1.07. The molecule has 0 fully saturated rings. The van der Waals surface area contributed by atoms with Gasteiger partial charge < -0.3 is 9.32 Å². The van der Waals surface area contributed by atoms with Crippen LogP contribution < -0.4 is 4.90 Å². The van der Waals surface area contributed by atoms with E-state index in [0.717, 1.165) is 27.6 Å². The van der Waals surface area contributed by atoms with Crippen molar-refractivity contribution in [1.29, 1.82) is 0 Å². The van der Waals surface area contributed by atoms with Gasteiger partial charge in [-0.3, -0.25) is 0 Å². The van der Waals surface area contributed by atoms with Crippen molar-refractivity contribution in [3.63, 3.8) is 0 Å². The number of furan rings is 1. The van der Waals surface area contributed by atoms with Gasteiger partial charge in [0.25, 0.3) is 0 Å². The third-order valence-electron chi connectivity index (χ3n) is 19.1. The summed E-state index contributed by atoms with van der Waals surface area (Å²) in [6.07, 6.45) is 7.91. The first kappa shape index (κ1) is 42.5. The number of allylic oxidation sites excluding steroid dienone is 4. The van der Waals surface area contributed by atoms with Crippen LogP contribution in [0.15, 0.2) is 240 Å². The fourth-order valence-corrected chi connectivity index (χ4v) is 17.4. The largest absolute Gasteiger partial charge is 0.456 e. The molecule has 2 nitrogen and oxygen atoms in total. The molecular formula is C71H53NOS. The number of benzene rings is 9. The molecule has 354 valence electrons. The molecule has 0 saturated carbocycles. The number of thiophene rings is 1. The van der Waals surface area contributed by atoms with E-state index in [0.29, 0.717) is 0 Å². The van der Waals surface area contributed by atoms with Crippen LogP contribution in [0.2, 0.25) is 0 Å². The molecule has 3 heteroatoms. The molecule has 0 spiro atoms. The van der Waals surface area contributed by atoms with Crippen LogP contribution in [0.4, 0.5) is 11.4 Å². The lowest BCUT2D eigenvalue weighted by Crippen LogP contribution is -2.55. The average molecular weight is 968 g/mol. The highest BCUT2D eigenvalue weighted by atomic mass is 32.1. The minimum Gasteiger partial charge on any atom is -0.456 e. The van der Waals surface area contributed by atoms with Gasteiger partial charge in [-0.1, -0.05) is 202 Å². The zero-order chi connectivity index (χ0) is 49.5. The Morgan fingerprint density at radius 3 is 1.92 bits per heavy atom. The van der Waals surface area contributed by atoms with E-state index < -0.39 is 27.2 Å². The van der Waals surface area contributed by atoms with Crippen LogP contribution in [0, 0.1) is 11.3 Å². The second kappa shape index (κ2) is 14.4. The number of para-hydroxylation sites is 1. The number of hydrogen-bond donors (Lipinski definition) is 0. The van der Waals surface area contributed by atoms with Gasteiger partial charge in [-0.05, 0) is 130 Å². The Bertz CT molecular complexity index is 4320. The molecule has 0 bridgehead atoms. The summed E-state index contributed by atoms with van der Waals surface area (Å²) in [5, 5.41) is 4.97. The smallest absolute Gasteiger partial charge is 0.141 e. The molecule has 5 atom stereocenters. The number of fused-ring (bicyclic) bond motifs is 15. The van der Waals surface area contributed by atoms with Crippen molar-refractivity contribution in [3.05, 3.63) is 280 Å². The first-order valence-corrected chi connectivity index (χ1v) is 27.2. The van der Waals surface area contributed by atoms with E-state index >= 15 is 0 Å². The molecule has 5 aliphatic rings. The summed E-state index contributed by atoms with van der Waals surface area (Å²) < 4.78 is 10.1. The Hall–Kier alpha value is -7.98. The molecule has 1 aliphatic heterocycles. The van der Waals surface area contributed by atoms with Crippen molar-refractivity contribution in [3.8, 4) is 11.1 Å². The highest BCUT2D eigenvalue weighted by Gasteiger charge is 2.68. The van der Waals surface area contributed by atoms with Crippen molar-refractivity contribution in [2.24, 2.45) is 11.3 Å². The molecular weight excluding hydrogens is 915 g/mol. The molecule has 9 aromatic carbocycles. The Kier molecular flexibility index (Phi) is 8.28. The fourth-order valence-electron chi connectivity index (χ4n) is 16.1. The fraction of sp³-hybridized carbons (Fsp3) is 0.155. The van der Waals surface area contributed by atoms with E-state index in [1.807, 2.05) is 11.3 Å². The molecule has 4 aliphatic carbocycles. The van der Waals surface area contributed by atoms with Gasteiger partial charge in [0.05, 0.1) is 16.6 Å². The summed E-state index contributed by atoms with van der Waals surface area (Å²) in [6, 6.07) is 77.9. The lowest BCUT2D eigenvalue weighted by Gasteiger charge is -2.57. The lowest BCUT2D eigenvalue weighted by atomic mass is 9.48. The molecule has 0 saturated heterocycles. The van der Waals surface area contributed by atoms with Crippen LogP contribution in [-0.4, -0.2) is 5.54 Å².